The molecular formula is C16H19N7O3. The van der Waals surface area contributed by atoms with Crippen LogP contribution in [0.3, 0.4) is 0 Å². The molecule has 10 nitrogen and oxygen atoms in total. The lowest BCUT2D eigenvalue weighted by molar-refractivity contribution is -0.118. The summed E-state index contributed by atoms with van der Waals surface area (Å²) in [5.74, 6) is -1.32. The molecule has 136 valence electrons. The topological polar surface area (TPSA) is 165 Å². The molecule has 1 aromatic carbocycles. The molecule has 0 aliphatic rings. The van der Waals surface area contributed by atoms with E-state index in [-0.39, 0.29) is 23.2 Å². The maximum absolute atomic E-state index is 11.5. The standard InChI is InChI=1S/C16H19N7O3/c1-8(13(17)25)20-15-12(14(18)26)7-19-16(23-15)22-11-5-3-4-10(6-11)21-9(2)24/h3-8H,1-2H3,(H2,17,25)(H2,18,26)(H,21,24)(H2,19,20,22,23). The fraction of sp³-hybridized carbons (Fsp3) is 0.188. The number of benzene rings is 1. The van der Waals surface area contributed by atoms with Crippen LogP contribution in [0.2, 0.25) is 0 Å². The van der Waals surface area contributed by atoms with Gasteiger partial charge in [0.25, 0.3) is 5.91 Å². The molecule has 0 fully saturated rings. The number of primary amides is 2. The summed E-state index contributed by atoms with van der Waals surface area (Å²) in [6.45, 7) is 2.93. The first-order valence-electron chi connectivity index (χ1n) is 7.63. The zero-order chi connectivity index (χ0) is 19.3. The largest absolute Gasteiger partial charge is 0.368 e. The van der Waals surface area contributed by atoms with E-state index in [1.807, 2.05) is 0 Å². The van der Waals surface area contributed by atoms with Gasteiger partial charge in [0.15, 0.2) is 0 Å². The van der Waals surface area contributed by atoms with Crippen LogP contribution < -0.4 is 27.4 Å². The normalized spacial score (nSPS) is 11.3. The SMILES string of the molecule is CC(=O)Nc1cccc(Nc2ncc(C(N)=O)c(NC(C)C(N)=O)n2)c1. The van der Waals surface area contributed by atoms with Crippen molar-refractivity contribution in [1.29, 1.82) is 0 Å². The van der Waals surface area contributed by atoms with Crippen molar-refractivity contribution in [2.75, 3.05) is 16.0 Å². The number of aromatic nitrogens is 2. The zero-order valence-corrected chi connectivity index (χ0v) is 14.2. The average molecular weight is 357 g/mol. The maximum atomic E-state index is 11.5. The Hall–Kier alpha value is -3.69. The third-order valence-corrected chi connectivity index (χ3v) is 3.27. The Morgan fingerprint density at radius 3 is 2.46 bits per heavy atom. The van der Waals surface area contributed by atoms with Gasteiger partial charge in [-0.3, -0.25) is 14.4 Å². The van der Waals surface area contributed by atoms with Crippen molar-refractivity contribution in [2.24, 2.45) is 11.5 Å². The summed E-state index contributed by atoms with van der Waals surface area (Å²) in [5, 5.41) is 8.34. The van der Waals surface area contributed by atoms with Crippen LogP contribution >= 0.6 is 0 Å². The fourth-order valence-electron chi connectivity index (χ4n) is 2.02. The summed E-state index contributed by atoms with van der Waals surface area (Å²) in [5.41, 5.74) is 11.7. The molecule has 0 bridgehead atoms. The van der Waals surface area contributed by atoms with Crippen molar-refractivity contribution in [3.05, 3.63) is 36.0 Å². The van der Waals surface area contributed by atoms with Gasteiger partial charge < -0.3 is 27.4 Å². The van der Waals surface area contributed by atoms with Gasteiger partial charge in [0.1, 0.15) is 11.9 Å². The third-order valence-electron chi connectivity index (χ3n) is 3.27. The molecule has 0 aliphatic heterocycles. The van der Waals surface area contributed by atoms with E-state index in [0.717, 1.165) is 0 Å². The zero-order valence-electron chi connectivity index (χ0n) is 14.2. The van der Waals surface area contributed by atoms with Gasteiger partial charge in [-0.1, -0.05) is 6.07 Å². The van der Waals surface area contributed by atoms with Crippen molar-refractivity contribution in [3.8, 4) is 0 Å². The molecule has 2 rings (SSSR count). The highest BCUT2D eigenvalue weighted by Gasteiger charge is 2.16. The van der Waals surface area contributed by atoms with Crippen LogP contribution in [0.15, 0.2) is 30.5 Å². The van der Waals surface area contributed by atoms with Gasteiger partial charge in [-0.05, 0) is 25.1 Å². The van der Waals surface area contributed by atoms with Gasteiger partial charge in [-0.2, -0.15) is 4.98 Å². The lowest BCUT2D eigenvalue weighted by Crippen LogP contribution is -2.33. The van der Waals surface area contributed by atoms with Gasteiger partial charge in [-0.25, -0.2) is 4.98 Å². The Bertz CT molecular complexity index is 853. The number of nitrogens with one attached hydrogen (secondary N) is 3. The molecule has 1 atom stereocenters. The molecule has 0 saturated carbocycles. The van der Waals surface area contributed by atoms with Crippen LogP contribution in [0.1, 0.15) is 24.2 Å². The van der Waals surface area contributed by atoms with E-state index in [9.17, 15) is 14.4 Å². The van der Waals surface area contributed by atoms with Gasteiger partial charge >= 0.3 is 0 Å². The summed E-state index contributed by atoms with van der Waals surface area (Å²) < 4.78 is 0. The first kappa shape index (κ1) is 18.6. The van der Waals surface area contributed by atoms with Gasteiger partial charge in [0, 0.05) is 24.5 Å². The molecule has 10 heteroatoms. The van der Waals surface area contributed by atoms with Crippen molar-refractivity contribution in [3.63, 3.8) is 0 Å². The molecule has 3 amide bonds. The lowest BCUT2D eigenvalue weighted by Gasteiger charge is -2.14. The summed E-state index contributed by atoms with van der Waals surface area (Å²) in [4.78, 5) is 42.1. The Morgan fingerprint density at radius 1 is 1.15 bits per heavy atom. The summed E-state index contributed by atoms with van der Waals surface area (Å²) >= 11 is 0. The van der Waals surface area contributed by atoms with Crippen LogP contribution in [0.4, 0.5) is 23.1 Å². The number of carbonyl (C=O) groups is 3. The number of hydrogen-bond acceptors (Lipinski definition) is 7. The summed E-state index contributed by atoms with van der Waals surface area (Å²) in [6.07, 6.45) is 1.24. The van der Waals surface area contributed by atoms with Crippen LogP contribution in [0.25, 0.3) is 0 Å². The minimum Gasteiger partial charge on any atom is -0.368 e. The second-order valence-corrected chi connectivity index (χ2v) is 5.48. The van der Waals surface area contributed by atoms with E-state index in [2.05, 4.69) is 25.9 Å². The van der Waals surface area contributed by atoms with Crippen LogP contribution in [-0.2, 0) is 9.59 Å². The van der Waals surface area contributed by atoms with Crippen LogP contribution in [0.5, 0.6) is 0 Å². The summed E-state index contributed by atoms with van der Waals surface area (Å²) in [6, 6.07) is 6.13. The fourth-order valence-corrected chi connectivity index (χ4v) is 2.02. The number of hydrogen-bond donors (Lipinski definition) is 5. The molecule has 1 aromatic heterocycles. The average Bonchev–Trinajstić information content (AvgIpc) is 2.54. The number of rotatable bonds is 7. The van der Waals surface area contributed by atoms with E-state index in [1.54, 1.807) is 24.3 Å². The molecule has 0 spiro atoms. The van der Waals surface area contributed by atoms with Gasteiger partial charge in [-0.15, -0.1) is 0 Å². The molecular weight excluding hydrogens is 338 g/mol. The van der Waals surface area contributed by atoms with Gasteiger partial charge in [0.2, 0.25) is 17.8 Å². The maximum Gasteiger partial charge on any atom is 0.254 e. The second kappa shape index (κ2) is 7.92. The Labute approximate surface area is 149 Å². The highest BCUT2D eigenvalue weighted by atomic mass is 16.2. The summed E-state index contributed by atoms with van der Waals surface area (Å²) in [7, 11) is 0. The van der Waals surface area contributed by atoms with Gasteiger partial charge in [0.05, 0.1) is 5.56 Å². The molecule has 7 N–H and O–H groups in total. The highest BCUT2D eigenvalue weighted by Crippen LogP contribution is 2.20. The Morgan fingerprint density at radius 2 is 1.85 bits per heavy atom. The van der Waals surface area contributed by atoms with Crippen LogP contribution in [0, 0.1) is 0 Å². The minimum absolute atomic E-state index is 0.0237. The van der Waals surface area contributed by atoms with Crippen molar-refractivity contribution < 1.29 is 14.4 Å². The Balaban J connectivity index is 2.28. The van der Waals surface area contributed by atoms with Crippen molar-refractivity contribution in [1.82, 2.24) is 9.97 Å². The molecule has 1 heterocycles. The number of nitrogens with two attached hydrogens (primary N) is 2. The highest BCUT2D eigenvalue weighted by molar-refractivity contribution is 5.98. The smallest absolute Gasteiger partial charge is 0.254 e. The number of nitrogens with zero attached hydrogens (tertiary/aromatic N) is 2. The van der Waals surface area contributed by atoms with E-state index in [1.165, 1.54) is 20.0 Å². The quantitative estimate of drug-likeness (QED) is 0.483. The predicted molar refractivity (Wildman–Crippen MR) is 96.9 cm³/mol. The van der Waals surface area contributed by atoms with E-state index in [0.29, 0.717) is 11.4 Å². The number of carbonyl (C=O) groups excluding carboxylic acids is 3. The first-order valence-corrected chi connectivity index (χ1v) is 7.63. The molecule has 2 aromatic rings. The molecule has 0 radical (unpaired) electrons. The van der Waals surface area contributed by atoms with E-state index < -0.39 is 17.9 Å². The molecule has 26 heavy (non-hydrogen) atoms. The number of anilines is 4. The van der Waals surface area contributed by atoms with E-state index in [4.69, 9.17) is 11.5 Å². The second-order valence-electron chi connectivity index (χ2n) is 5.48. The van der Waals surface area contributed by atoms with E-state index >= 15 is 0 Å². The van der Waals surface area contributed by atoms with Crippen molar-refractivity contribution in [2.45, 2.75) is 19.9 Å². The Kier molecular flexibility index (Phi) is 5.68. The van der Waals surface area contributed by atoms with Crippen LogP contribution in [-0.4, -0.2) is 33.7 Å². The van der Waals surface area contributed by atoms with Crippen molar-refractivity contribution >= 4 is 40.9 Å². The first-order chi connectivity index (χ1) is 12.3. The predicted octanol–water partition coefficient (Wildman–Crippen LogP) is 0.563. The minimum atomic E-state index is -0.765. The molecule has 0 aliphatic carbocycles. The molecule has 0 saturated heterocycles. The third kappa shape index (κ3) is 4.90. The monoisotopic (exact) mass is 357 g/mol. The number of amides is 3. The molecule has 1 unspecified atom stereocenters. The lowest BCUT2D eigenvalue weighted by atomic mass is 10.2.